The second-order valence-electron chi connectivity index (χ2n) is 6.05. The maximum absolute atomic E-state index is 13.1. The summed E-state index contributed by atoms with van der Waals surface area (Å²) in [5.41, 5.74) is -0.234. The number of nitrogens with zero attached hydrogens (tertiary/aromatic N) is 1. The van der Waals surface area contributed by atoms with Crippen LogP contribution in [0.5, 0.6) is 0 Å². The highest BCUT2D eigenvalue weighted by Gasteiger charge is 2.29. The summed E-state index contributed by atoms with van der Waals surface area (Å²) in [6.07, 6.45) is 1.88. The van der Waals surface area contributed by atoms with Gasteiger partial charge < -0.3 is 10.2 Å². The van der Waals surface area contributed by atoms with E-state index in [2.05, 4.69) is 17.1 Å². The van der Waals surface area contributed by atoms with Crippen molar-refractivity contribution in [1.29, 1.82) is 0 Å². The van der Waals surface area contributed by atoms with Crippen LogP contribution in [-0.4, -0.2) is 37.5 Å². The van der Waals surface area contributed by atoms with E-state index in [9.17, 15) is 18.0 Å². The van der Waals surface area contributed by atoms with Crippen LogP contribution in [0.1, 0.15) is 30.1 Å². The van der Waals surface area contributed by atoms with Gasteiger partial charge in [-0.25, -0.2) is 13.2 Å². The van der Waals surface area contributed by atoms with E-state index >= 15 is 0 Å². The van der Waals surface area contributed by atoms with Gasteiger partial charge in [0, 0.05) is 12.1 Å². The molecule has 2 rings (SSSR count). The van der Waals surface area contributed by atoms with Crippen LogP contribution >= 0.6 is 0 Å². The zero-order valence-electron chi connectivity index (χ0n) is 12.2. The van der Waals surface area contributed by atoms with Gasteiger partial charge in [-0.3, -0.25) is 4.79 Å². The van der Waals surface area contributed by atoms with Crippen LogP contribution in [-0.2, 0) is 0 Å². The van der Waals surface area contributed by atoms with E-state index in [0.29, 0.717) is 18.7 Å². The molecule has 0 bridgehead atoms. The zero-order valence-corrected chi connectivity index (χ0v) is 12.2. The predicted molar refractivity (Wildman–Crippen MR) is 73.5 cm³/mol. The van der Waals surface area contributed by atoms with Crippen LogP contribution in [0.4, 0.5) is 13.2 Å². The second kappa shape index (κ2) is 6.05. The van der Waals surface area contributed by atoms with Crippen molar-refractivity contribution in [2.45, 2.75) is 19.8 Å². The first-order chi connectivity index (χ1) is 9.81. The molecule has 0 spiro atoms. The number of halogens is 3. The molecule has 1 amide bonds. The summed E-state index contributed by atoms with van der Waals surface area (Å²) < 4.78 is 39.1. The Morgan fingerprint density at radius 1 is 1.24 bits per heavy atom. The zero-order chi connectivity index (χ0) is 15.6. The minimum absolute atomic E-state index is 0.0285. The van der Waals surface area contributed by atoms with Crippen molar-refractivity contribution in [2.75, 3.05) is 26.7 Å². The molecule has 21 heavy (non-hydrogen) atoms. The first-order valence-electron chi connectivity index (χ1n) is 6.92. The van der Waals surface area contributed by atoms with Gasteiger partial charge in [0.1, 0.15) is 0 Å². The van der Waals surface area contributed by atoms with Gasteiger partial charge in [0.2, 0.25) is 0 Å². The fourth-order valence-corrected chi connectivity index (χ4v) is 2.42. The fraction of sp³-hybridized carbons (Fsp3) is 0.533. The number of rotatable bonds is 3. The highest BCUT2D eigenvalue weighted by molar-refractivity contribution is 5.94. The van der Waals surface area contributed by atoms with Gasteiger partial charge in [0.15, 0.2) is 17.5 Å². The van der Waals surface area contributed by atoms with E-state index in [1.165, 1.54) is 0 Å². The lowest BCUT2D eigenvalue weighted by Gasteiger charge is -2.37. The molecule has 0 saturated carbocycles. The molecule has 116 valence electrons. The molecule has 1 aliphatic rings. The Kier molecular flexibility index (Phi) is 4.56. The van der Waals surface area contributed by atoms with Gasteiger partial charge in [0.05, 0.1) is 0 Å². The molecule has 1 fully saturated rings. The SMILES string of the molecule is CN1CCC(C)(CNC(=O)c2cc(F)c(F)c(F)c2)CC1. The largest absolute Gasteiger partial charge is 0.351 e. The molecule has 6 heteroatoms. The van der Waals surface area contributed by atoms with Crippen molar-refractivity contribution >= 4 is 5.91 Å². The molecule has 1 aliphatic heterocycles. The lowest BCUT2D eigenvalue weighted by molar-refractivity contribution is 0.0890. The third kappa shape index (κ3) is 3.75. The van der Waals surface area contributed by atoms with E-state index in [-0.39, 0.29) is 11.0 Å². The molecule has 1 aromatic carbocycles. The monoisotopic (exact) mass is 300 g/mol. The van der Waals surface area contributed by atoms with Crippen molar-refractivity contribution in [3.8, 4) is 0 Å². The fourth-order valence-electron chi connectivity index (χ4n) is 2.42. The third-order valence-corrected chi connectivity index (χ3v) is 4.12. The summed E-state index contributed by atoms with van der Waals surface area (Å²) in [6, 6.07) is 1.43. The van der Waals surface area contributed by atoms with Crippen molar-refractivity contribution in [1.82, 2.24) is 10.2 Å². The molecule has 1 heterocycles. The quantitative estimate of drug-likeness (QED) is 0.870. The van der Waals surface area contributed by atoms with Crippen molar-refractivity contribution < 1.29 is 18.0 Å². The topological polar surface area (TPSA) is 32.3 Å². The Labute approximate surface area is 122 Å². The third-order valence-electron chi connectivity index (χ3n) is 4.12. The van der Waals surface area contributed by atoms with E-state index in [0.717, 1.165) is 25.9 Å². The highest BCUT2D eigenvalue weighted by atomic mass is 19.2. The molecule has 0 unspecified atom stereocenters. The number of amides is 1. The molecule has 0 aliphatic carbocycles. The highest BCUT2D eigenvalue weighted by Crippen LogP contribution is 2.29. The molecule has 3 nitrogen and oxygen atoms in total. The van der Waals surface area contributed by atoms with Gasteiger partial charge in [-0.05, 0) is 50.5 Å². The number of carbonyl (C=O) groups is 1. The van der Waals surface area contributed by atoms with Crippen LogP contribution < -0.4 is 5.32 Å². The Morgan fingerprint density at radius 2 is 1.76 bits per heavy atom. The minimum atomic E-state index is -1.56. The minimum Gasteiger partial charge on any atom is -0.351 e. The van der Waals surface area contributed by atoms with Crippen LogP contribution in [0.2, 0.25) is 0 Å². The van der Waals surface area contributed by atoms with Crippen LogP contribution in [0.25, 0.3) is 0 Å². The van der Waals surface area contributed by atoms with Crippen molar-refractivity contribution in [3.63, 3.8) is 0 Å². The Hall–Kier alpha value is -1.56. The molecule has 1 aromatic rings. The van der Waals surface area contributed by atoms with Gasteiger partial charge in [-0.15, -0.1) is 0 Å². The molecule has 0 atom stereocenters. The lowest BCUT2D eigenvalue weighted by Crippen LogP contribution is -2.43. The summed E-state index contributed by atoms with van der Waals surface area (Å²) >= 11 is 0. The van der Waals surface area contributed by atoms with E-state index < -0.39 is 23.4 Å². The first-order valence-corrected chi connectivity index (χ1v) is 6.92. The molecule has 0 radical (unpaired) electrons. The smallest absolute Gasteiger partial charge is 0.251 e. The standard InChI is InChI=1S/C15H19F3N2O/c1-15(3-5-20(2)6-4-15)9-19-14(21)10-7-11(16)13(18)12(17)8-10/h7-8H,3-6,9H2,1-2H3,(H,19,21). The second-order valence-corrected chi connectivity index (χ2v) is 6.05. The molecular weight excluding hydrogens is 281 g/mol. The maximum Gasteiger partial charge on any atom is 0.251 e. The number of piperidine rings is 1. The summed E-state index contributed by atoms with van der Waals surface area (Å²) in [6.45, 7) is 4.41. The van der Waals surface area contributed by atoms with E-state index in [4.69, 9.17) is 0 Å². The lowest BCUT2D eigenvalue weighted by atomic mass is 9.80. The normalized spacial score (nSPS) is 18.5. The summed E-state index contributed by atoms with van der Waals surface area (Å²) in [4.78, 5) is 14.1. The average molecular weight is 300 g/mol. The molecule has 1 N–H and O–H groups in total. The number of hydrogen-bond donors (Lipinski definition) is 1. The first kappa shape index (κ1) is 15.8. The van der Waals surface area contributed by atoms with Crippen molar-refractivity contribution in [3.05, 3.63) is 35.1 Å². The molecular formula is C15H19F3N2O. The van der Waals surface area contributed by atoms with Gasteiger partial charge >= 0.3 is 0 Å². The Morgan fingerprint density at radius 3 is 2.29 bits per heavy atom. The number of hydrogen-bond acceptors (Lipinski definition) is 2. The molecule has 0 aromatic heterocycles. The van der Waals surface area contributed by atoms with Crippen LogP contribution in [0, 0.1) is 22.9 Å². The number of carbonyl (C=O) groups excluding carboxylic acids is 1. The van der Waals surface area contributed by atoms with E-state index in [1.807, 2.05) is 7.05 Å². The van der Waals surface area contributed by atoms with Gasteiger partial charge in [-0.1, -0.05) is 6.92 Å². The summed E-state index contributed by atoms with van der Waals surface area (Å²) in [7, 11) is 2.04. The Balaban J connectivity index is 1.99. The van der Waals surface area contributed by atoms with Crippen LogP contribution in [0.3, 0.4) is 0 Å². The predicted octanol–water partition coefficient (Wildman–Crippen LogP) is 2.57. The molecule has 1 saturated heterocycles. The number of benzene rings is 1. The summed E-state index contributed by atoms with van der Waals surface area (Å²) in [5, 5.41) is 2.68. The number of likely N-dealkylation sites (tertiary alicyclic amines) is 1. The summed E-state index contributed by atoms with van der Waals surface area (Å²) in [5.74, 6) is -4.86. The average Bonchev–Trinajstić information content (AvgIpc) is 2.45. The Bertz CT molecular complexity index is 517. The number of nitrogens with one attached hydrogen (secondary N) is 1. The van der Waals surface area contributed by atoms with Crippen molar-refractivity contribution in [2.24, 2.45) is 5.41 Å². The van der Waals surface area contributed by atoms with Crippen LogP contribution in [0.15, 0.2) is 12.1 Å². The maximum atomic E-state index is 13.1. The van der Waals surface area contributed by atoms with Gasteiger partial charge in [-0.2, -0.15) is 0 Å². The van der Waals surface area contributed by atoms with E-state index in [1.54, 1.807) is 0 Å². The van der Waals surface area contributed by atoms with Gasteiger partial charge in [0.25, 0.3) is 5.91 Å².